The van der Waals surface area contributed by atoms with Gasteiger partial charge in [0, 0.05) is 18.5 Å². The number of amides is 1. The smallest absolute Gasteiger partial charge is 0.410 e. The highest BCUT2D eigenvalue weighted by Gasteiger charge is 2.35. The van der Waals surface area contributed by atoms with E-state index in [0.717, 1.165) is 24.8 Å². The number of likely N-dealkylation sites (tertiary alicyclic amines) is 1. The highest BCUT2D eigenvalue weighted by molar-refractivity contribution is 5.69. The number of nitrogens with zero attached hydrogens (tertiary/aromatic N) is 1. The van der Waals surface area contributed by atoms with Gasteiger partial charge in [-0.15, -0.1) is 0 Å². The molecule has 1 saturated heterocycles. The molecule has 2 unspecified atom stereocenters. The number of hydrogen-bond acceptors (Lipinski definition) is 3. The van der Waals surface area contributed by atoms with E-state index in [1.807, 2.05) is 50.8 Å². The number of carbonyl (C=O) groups is 1. The first kappa shape index (κ1) is 17.8. The molecular weight excluding hydrogens is 290 g/mol. The Kier molecular flexibility index (Phi) is 5.69. The molecule has 1 fully saturated rings. The van der Waals surface area contributed by atoms with Crippen LogP contribution in [0.5, 0.6) is 0 Å². The van der Waals surface area contributed by atoms with Crippen LogP contribution in [0.2, 0.25) is 0 Å². The maximum Gasteiger partial charge on any atom is 0.410 e. The summed E-state index contributed by atoms with van der Waals surface area (Å²) in [6, 6.07) is 8.18. The van der Waals surface area contributed by atoms with Crippen LogP contribution >= 0.6 is 0 Å². The van der Waals surface area contributed by atoms with Crippen LogP contribution in [-0.4, -0.2) is 40.9 Å². The molecule has 0 aliphatic carbocycles. The van der Waals surface area contributed by atoms with Gasteiger partial charge in [0.15, 0.2) is 0 Å². The van der Waals surface area contributed by atoms with Gasteiger partial charge in [0.05, 0.1) is 6.61 Å². The molecule has 4 heteroatoms. The topological polar surface area (TPSA) is 49.8 Å². The summed E-state index contributed by atoms with van der Waals surface area (Å²) in [6.07, 6.45) is 2.69. The molecule has 2 atom stereocenters. The summed E-state index contributed by atoms with van der Waals surface area (Å²) in [6.45, 7) is 8.43. The summed E-state index contributed by atoms with van der Waals surface area (Å²) in [7, 11) is 0. The number of rotatable bonds is 3. The number of aliphatic hydroxyl groups excluding tert-OH is 1. The molecule has 1 amide bonds. The number of hydrogen-bond donors (Lipinski definition) is 1. The van der Waals surface area contributed by atoms with Crippen LogP contribution in [0.25, 0.3) is 0 Å². The van der Waals surface area contributed by atoms with Crippen molar-refractivity contribution in [1.29, 1.82) is 0 Å². The number of carbonyl (C=O) groups excluding carboxylic acids is 1. The average molecular weight is 319 g/mol. The normalized spacial score (nSPS) is 20.2. The zero-order valence-electron chi connectivity index (χ0n) is 14.7. The van der Waals surface area contributed by atoms with E-state index in [9.17, 15) is 9.90 Å². The van der Waals surface area contributed by atoms with E-state index < -0.39 is 5.60 Å². The van der Waals surface area contributed by atoms with Crippen LogP contribution in [-0.2, 0) is 4.74 Å². The summed E-state index contributed by atoms with van der Waals surface area (Å²) < 4.78 is 5.57. The number of piperidine rings is 1. The predicted octanol–water partition coefficient (Wildman–Crippen LogP) is 3.86. The minimum Gasteiger partial charge on any atom is -0.444 e. The van der Waals surface area contributed by atoms with E-state index in [-0.39, 0.29) is 24.7 Å². The van der Waals surface area contributed by atoms with Gasteiger partial charge in [0.25, 0.3) is 0 Å². The Morgan fingerprint density at radius 2 is 2.13 bits per heavy atom. The lowest BCUT2D eigenvalue weighted by atomic mass is 9.85. The Labute approximate surface area is 139 Å². The molecule has 1 heterocycles. The molecule has 1 aliphatic rings. The van der Waals surface area contributed by atoms with Crippen molar-refractivity contribution >= 4 is 6.09 Å². The van der Waals surface area contributed by atoms with Gasteiger partial charge in [-0.3, -0.25) is 0 Å². The van der Waals surface area contributed by atoms with Crippen molar-refractivity contribution in [3.8, 4) is 0 Å². The first-order valence-electron chi connectivity index (χ1n) is 8.49. The standard InChI is InChI=1S/C19H29NO3/c1-14-8-7-9-15(12-14)16(13-21)17-10-5-6-11-20(17)18(22)23-19(2,3)4/h7-9,12,16-17,21H,5-6,10-11,13H2,1-4H3. The maximum absolute atomic E-state index is 12.6. The fraction of sp³-hybridized carbons (Fsp3) is 0.632. The zero-order chi connectivity index (χ0) is 17.0. The molecule has 128 valence electrons. The fourth-order valence-electron chi connectivity index (χ4n) is 3.27. The van der Waals surface area contributed by atoms with Crippen molar-refractivity contribution in [2.75, 3.05) is 13.2 Å². The SMILES string of the molecule is Cc1cccc(C(CO)C2CCCCN2C(=O)OC(C)(C)C)c1. The first-order chi connectivity index (χ1) is 10.8. The van der Waals surface area contributed by atoms with E-state index in [0.29, 0.717) is 6.54 Å². The third kappa shape index (κ3) is 4.71. The van der Waals surface area contributed by atoms with Crippen molar-refractivity contribution in [2.24, 2.45) is 0 Å². The van der Waals surface area contributed by atoms with Crippen LogP contribution in [0, 0.1) is 6.92 Å². The largest absolute Gasteiger partial charge is 0.444 e. The Morgan fingerprint density at radius 3 is 2.74 bits per heavy atom. The second-order valence-electron chi connectivity index (χ2n) is 7.44. The van der Waals surface area contributed by atoms with Crippen LogP contribution in [0.3, 0.4) is 0 Å². The summed E-state index contributed by atoms with van der Waals surface area (Å²) in [5, 5.41) is 9.98. The van der Waals surface area contributed by atoms with Crippen molar-refractivity contribution in [3.63, 3.8) is 0 Å². The predicted molar refractivity (Wildman–Crippen MR) is 91.6 cm³/mol. The summed E-state index contributed by atoms with van der Waals surface area (Å²) in [5.41, 5.74) is 1.76. The highest BCUT2D eigenvalue weighted by atomic mass is 16.6. The van der Waals surface area contributed by atoms with Gasteiger partial charge >= 0.3 is 6.09 Å². The molecule has 0 spiro atoms. The molecule has 0 bridgehead atoms. The van der Waals surface area contributed by atoms with Gasteiger partial charge < -0.3 is 14.7 Å². The maximum atomic E-state index is 12.6. The fourth-order valence-corrected chi connectivity index (χ4v) is 3.27. The molecule has 0 aromatic heterocycles. The van der Waals surface area contributed by atoms with Crippen LogP contribution < -0.4 is 0 Å². The van der Waals surface area contributed by atoms with Crippen molar-refractivity contribution < 1.29 is 14.6 Å². The van der Waals surface area contributed by atoms with Gasteiger partial charge in [-0.2, -0.15) is 0 Å². The Hall–Kier alpha value is -1.55. The first-order valence-corrected chi connectivity index (χ1v) is 8.49. The van der Waals surface area contributed by atoms with Gasteiger partial charge in [-0.25, -0.2) is 4.79 Å². The Balaban J connectivity index is 2.23. The van der Waals surface area contributed by atoms with E-state index in [2.05, 4.69) is 6.07 Å². The van der Waals surface area contributed by atoms with E-state index in [4.69, 9.17) is 4.74 Å². The minimum atomic E-state index is -0.503. The third-order valence-corrected chi connectivity index (χ3v) is 4.31. The molecule has 23 heavy (non-hydrogen) atoms. The average Bonchev–Trinajstić information content (AvgIpc) is 2.47. The lowest BCUT2D eigenvalue weighted by Crippen LogP contribution is -2.49. The molecule has 0 radical (unpaired) electrons. The van der Waals surface area contributed by atoms with Gasteiger partial charge in [-0.05, 0) is 52.5 Å². The molecule has 1 aliphatic heterocycles. The quantitative estimate of drug-likeness (QED) is 0.920. The summed E-state index contributed by atoms with van der Waals surface area (Å²) in [4.78, 5) is 14.4. The van der Waals surface area contributed by atoms with E-state index >= 15 is 0 Å². The van der Waals surface area contributed by atoms with Gasteiger partial charge in [-0.1, -0.05) is 29.8 Å². The molecule has 1 N–H and O–H groups in total. The van der Waals surface area contributed by atoms with Crippen LogP contribution in [0.15, 0.2) is 24.3 Å². The molecule has 0 saturated carbocycles. The number of aryl methyl sites for hydroxylation is 1. The number of benzene rings is 1. The van der Waals surface area contributed by atoms with Crippen molar-refractivity contribution in [3.05, 3.63) is 35.4 Å². The lowest BCUT2D eigenvalue weighted by Gasteiger charge is -2.40. The lowest BCUT2D eigenvalue weighted by molar-refractivity contribution is 0.00347. The monoisotopic (exact) mass is 319 g/mol. The van der Waals surface area contributed by atoms with Crippen molar-refractivity contribution in [2.45, 2.75) is 64.5 Å². The Morgan fingerprint density at radius 1 is 1.39 bits per heavy atom. The molecule has 2 rings (SSSR count). The molecule has 4 nitrogen and oxygen atoms in total. The minimum absolute atomic E-state index is 0.00889. The summed E-state index contributed by atoms with van der Waals surface area (Å²) in [5.74, 6) is -0.0669. The molecule has 1 aromatic rings. The molecule has 1 aromatic carbocycles. The Bertz CT molecular complexity index is 536. The summed E-state index contributed by atoms with van der Waals surface area (Å²) >= 11 is 0. The van der Waals surface area contributed by atoms with Gasteiger partial charge in [0.1, 0.15) is 5.60 Å². The van der Waals surface area contributed by atoms with E-state index in [1.54, 1.807) is 0 Å². The molecular formula is C19H29NO3. The van der Waals surface area contributed by atoms with Gasteiger partial charge in [0.2, 0.25) is 0 Å². The number of aliphatic hydroxyl groups is 1. The second-order valence-corrected chi connectivity index (χ2v) is 7.44. The van der Waals surface area contributed by atoms with Crippen LogP contribution in [0.4, 0.5) is 4.79 Å². The van der Waals surface area contributed by atoms with E-state index in [1.165, 1.54) is 5.56 Å². The number of ether oxygens (including phenoxy) is 1. The second kappa shape index (κ2) is 7.35. The zero-order valence-corrected chi connectivity index (χ0v) is 14.7. The van der Waals surface area contributed by atoms with Crippen LogP contribution in [0.1, 0.15) is 57.1 Å². The third-order valence-electron chi connectivity index (χ3n) is 4.31. The van der Waals surface area contributed by atoms with Crippen molar-refractivity contribution in [1.82, 2.24) is 4.90 Å². The highest BCUT2D eigenvalue weighted by Crippen LogP contribution is 2.31.